The summed E-state index contributed by atoms with van der Waals surface area (Å²) in [7, 11) is 0. The van der Waals surface area contributed by atoms with Crippen molar-refractivity contribution in [3.05, 3.63) is 24.4 Å². The normalized spacial score (nSPS) is 12.5. The van der Waals surface area contributed by atoms with E-state index in [0.29, 0.717) is 11.6 Å². The molecule has 0 aromatic carbocycles. The molecule has 72 valence electrons. The topological polar surface area (TPSA) is 55.4 Å². The number of primary amides is 1. The fourth-order valence-corrected chi connectivity index (χ4v) is 0.501. The summed E-state index contributed by atoms with van der Waals surface area (Å²) in [4.78, 5) is 14.4. The number of carbonyl (C=O) groups is 1. The van der Waals surface area contributed by atoms with Crippen molar-refractivity contribution in [3.8, 4) is 0 Å². The lowest BCUT2D eigenvalue weighted by molar-refractivity contribution is -0.112. The van der Waals surface area contributed by atoms with E-state index in [9.17, 15) is 4.79 Å². The summed E-state index contributed by atoms with van der Waals surface area (Å²) in [6.07, 6.45) is 3.32. The van der Waals surface area contributed by atoms with Gasteiger partial charge in [0.15, 0.2) is 0 Å². The summed E-state index contributed by atoms with van der Waals surface area (Å²) < 4.78 is 0. The molecule has 13 heavy (non-hydrogen) atoms. The first-order valence-corrected chi connectivity index (χ1v) is 4.14. The van der Waals surface area contributed by atoms with Crippen LogP contribution < -0.4 is 5.73 Å². The van der Waals surface area contributed by atoms with Gasteiger partial charge >= 0.3 is 0 Å². The summed E-state index contributed by atoms with van der Waals surface area (Å²) in [6.45, 7) is 9.48. The van der Waals surface area contributed by atoms with Gasteiger partial charge < -0.3 is 5.73 Å². The summed E-state index contributed by atoms with van der Waals surface area (Å²) >= 11 is 0. The average Bonchev–Trinajstić information content (AvgIpc) is 2.03. The number of hydrogen-bond acceptors (Lipinski definition) is 2. The third-order valence-corrected chi connectivity index (χ3v) is 1.65. The molecule has 2 N–H and O–H groups in total. The Morgan fingerprint density at radius 1 is 1.54 bits per heavy atom. The summed E-state index contributed by atoms with van der Waals surface area (Å²) in [5.41, 5.74) is 6.26. The number of rotatable bonds is 4. The zero-order chi connectivity index (χ0) is 10.4. The van der Waals surface area contributed by atoms with Crippen molar-refractivity contribution in [2.45, 2.75) is 20.8 Å². The van der Waals surface area contributed by atoms with Gasteiger partial charge in [0, 0.05) is 6.20 Å². The minimum atomic E-state index is -0.500. The molecule has 0 saturated carbocycles. The van der Waals surface area contributed by atoms with Crippen LogP contribution in [0.5, 0.6) is 0 Å². The molecule has 0 aliphatic heterocycles. The Morgan fingerprint density at radius 2 is 2.08 bits per heavy atom. The van der Waals surface area contributed by atoms with Gasteiger partial charge in [-0.25, -0.2) is 0 Å². The van der Waals surface area contributed by atoms with Crippen LogP contribution in [-0.4, -0.2) is 11.6 Å². The molecule has 0 fully saturated rings. The zero-order valence-corrected chi connectivity index (χ0v) is 8.37. The molecule has 0 heterocycles. The molecule has 0 aliphatic rings. The van der Waals surface area contributed by atoms with E-state index >= 15 is 0 Å². The standard InChI is InChI=1S/C10H16N2O/c1-7(2)8(3)5-6-12-9(4)10(11)13/h5-7H,3H2,1-2,4H3,(H2,11,13)/b6-5-,12-9?. The average molecular weight is 180 g/mol. The zero-order valence-electron chi connectivity index (χ0n) is 8.37. The van der Waals surface area contributed by atoms with Gasteiger partial charge in [-0.3, -0.25) is 9.79 Å². The SMILES string of the molecule is C=C(/C=C\N=C(C)C(N)=O)C(C)C. The van der Waals surface area contributed by atoms with E-state index in [2.05, 4.69) is 11.6 Å². The minimum absolute atomic E-state index is 0.299. The summed E-state index contributed by atoms with van der Waals surface area (Å²) in [5.74, 6) is -0.111. The molecule has 0 aromatic heterocycles. The van der Waals surface area contributed by atoms with Crippen LogP contribution in [0.2, 0.25) is 0 Å². The number of nitrogens with zero attached hydrogens (tertiary/aromatic N) is 1. The van der Waals surface area contributed by atoms with Crippen molar-refractivity contribution in [3.63, 3.8) is 0 Å². The van der Waals surface area contributed by atoms with Crippen LogP contribution in [0.4, 0.5) is 0 Å². The van der Waals surface area contributed by atoms with Gasteiger partial charge in [-0.2, -0.15) is 0 Å². The Kier molecular flexibility index (Phi) is 4.74. The first-order chi connectivity index (χ1) is 5.95. The van der Waals surface area contributed by atoms with E-state index in [-0.39, 0.29) is 0 Å². The summed E-state index contributed by atoms with van der Waals surface area (Å²) in [5, 5.41) is 0. The maximum atomic E-state index is 10.5. The fraction of sp³-hybridized carbons (Fsp3) is 0.400. The maximum absolute atomic E-state index is 10.5. The predicted molar refractivity (Wildman–Crippen MR) is 55.4 cm³/mol. The maximum Gasteiger partial charge on any atom is 0.262 e. The number of hydrogen-bond donors (Lipinski definition) is 1. The second kappa shape index (κ2) is 5.30. The Hall–Kier alpha value is -1.38. The van der Waals surface area contributed by atoms with E-state index in [1.165, 1.54) is 0 Å². The van der Waals surface area contributed by atoms with Crippen molar-refractivity contribution >= 4 is 11.6 Å². The van der Waals surface area contributed by atoms with E-state index in [0.717, 1.165) is 5.57 Å². The molecule has 0 atom stereocenters. The molecule has 0 aromatic rings. The van der Waals surface area contributed by atoms with Crippen LogP contribution in [-0.2, 0) is 4.79 Å². The number of aliphatic imine (C=N–C) groups is 1. The predicted octanol–water partition coefficient (Wildman–Crippen LogP) is 1.66. The molecule has 1 amide bonds. The quantitative estimate of drug-likeness (QED) is 0.519. The second-order valence-corrected chi connectivity index (χ2v) is 3.12. The molecule has 0 bridgehead atoms. The Labute approximate surface area is 79.0 Å². The smallest absolute Gasteiger partial charge is 0.262 e. The number of nitrogens with two attached hydrogens (primary N) is 1. The van der Waals surface area contributed by atoms with Crippen LogP contribution in [0.25, 0.3) is 0 Å². The highest BCUT2D eigenvalue weighted by Crippen LogP contribution is 2.07. The molecule has 0 spiro atoms. The number of allylic oxidation sites excluding steroid dienone is 2. The molecule has 0 unspecified atom stereocenters. The van der Waals surface area contributed by atoms with Gasteiger partial charge in [-0.05, 0) is 18.9 Å². The number of carbonyl (C=O) groups excluding carboxylic acids is 1. The van der Waals surface area contributed by atoms with Crippen LogP contribution in [0.1, 0.15) is 20.8 Å². The van der Waals surface area contributed by atoms with Crippen molar-refractivity contribution in [2.24, 2.45) is 16.6 Å². The molecule has 0 saturated heterocycles. The van der Waals surface area contributed by atoms with Crippen LogP contribution in [0.3, 0.4) is 0 Å². The third kappa shape index (κ3) is 4.95. The fourth-order valence-electron chi connectivity index (χ4n) is 0.501. The van der Waals surface area contributed by atoms with Gasteiger partial charge in [0.1, 0.15) is 5.71 Å². The lowest BCUT2D eigenvalue weighted by atomic mass is 10.1. The first kappa shape index (κ1) is 11.6. The highest BCUT2D eigenvalue weighted by Gasteiger charge is 1.96. The molecule has 3 heteroatoms. The summed E-state index contributed by atoms with van der Waals surface area (Å²) in [6, 6.07) is 0. The number of amides is 1. The molecule has 3 nitrogen and oxygen atoms in total. The van der Waals surface area contributed by atoms with E-state index in [1.54, 1.807) is 19.2 Å². The van der Waals surface area contributed by atoms with Crippen molar-refractivity contribution < 1.29 is 4.79 Å². The lowest BCUT2D eigenvalue weighted by Gasteiger charge is -2.00. The van der Waals surface area contributed by atoms with Gasteiger partial charge in [0.25, 0.3) is 5.91 Å². The van der Waals surface area contributed by atoms with E-state index < -0.39 is 5.91 Å². The van der Waals surface area contributed by atoms with Gasteiger partial charge in [-0.1, -0.05) is 26.0 Å². The van der Waals surface area contributed by atoms with Gasteiger partial charge in [0.05, 0.1) is 0 Å². The first-order valence-electron chi connectivity index (χ1n) is 4.14. The van der Waals surface area contributed by atoms with Crippen molar-refractivity contribution in [1.29, 1.82) is 0 Å². The molecular weight excluding hydrogens is 164 g/mol. The van der Waals surface area contributed by atoms with E-state index in [4.69, 9.17) is 5.73 Å². The highest BCUT2D eigenvalue weighted by atomic mass is 16.1. The Bertz CT molecular complexity index is 262. The van der Waals surface area contributed by atoms with Crippen molar-refractivity contribution in [1.82, 2.24) is 0 Å². The minimum Gasteiger partial charge on any atom is -0.365 e. The largest absolute Gasteiger partial charge is 0.365 e. The molecular formula is C10H16N2O. The van der Waals surface area contributed by atoms with Gasteiger partial charge in [0.2, 0.25) is 0 Å². The van der Waals surface area contributed by atoms with Crippen molar-refractivity contribution in [2.75, 3.05) is 0 Å². The van der Waals surface area contributed by atoms with Crippen LogP contribution in [0, 0.1) is 5.92 Å². The van der Waals surface area contributed by atoms with E-state index in [1.807, 2.05) is 13.8 Å². The molecule has 0 radical (unpaired) electrons. The third-order valence-electron chi connectivity index (χ3n) is 1.65. The van der Waals surface area contributed by atoms with Crippen LogP contribution >= 0.6 is 0 Å². The highest BCUT2D eigenvalue weighted by molar-refractivity contribution is 6.37. The molecule has 0 aliphatic carbocycles. The second-order valence-electron chi connectivity index (χ2n) is 3.12. The lowest BCUT2D eigenvalue weighted by Crippen LogP contribution is -2.19. The monoisotopic (exact) mass is 180 g/mol. The van der Waals surface area contributed by atoms with Gasteiger partial charge in [-0.15, -0.1) is 0 Å². The molecule has 0 rings (SSSR count). The Morgan fingerprint density at radius 3 is 2.46 bits per heavy atom. The Balaban J connectivity index is 4.23. The van der Waals surface area contributed by atoms with Crippen LogP contribution in [0.15, 0.2) is 29.4 Å².